The molecule has 1 aromatic heterocycles. The maximum absolute atomic E-state index is 12.5. The lowest BCUT2D eigenvalue weighted by atomic mass is 9.83. The van der Waals surface area contributed by atoms with Crippen LogP contribution in [0.25, 0.3) is 11.1 Å². The molecule has 1 amide bonds. The lowest BCUT2D eigenvalue weighted by molar-refractivity contribution is -0.274. The number of carbonyl (C=O) groups excluding carboxylic acids is 2. The number of alkyl halides is 3. The molecule has 1 N–H and O–H groups in total. The van der Waals surface area contributed by atoms with Gasteiger partial charge in [-0.05, 0) is 72.7 Å². The van der Waals surface area contributed by atoms with Crippen molar-refractivity contribution in [1.29, 1.82) is 0 Å². The Labute approximate surface area is 171 Å². The summed E-state index contributed by atoms with van der Waals surface area (Å²) in [5.74, 6) is 0.152. The van der Waals surface area contributed by atoms with Gasteiger partial charge in [0.2, 0.25) is 0 Å². The van der Waals surface area contributed by atoms with Gasteiger partial charge in [0, 0.05) is 12.5 Å². The number of aldehydes is 1. The van der Waals surface area contributed by atoms with Crippen molar-refractivity contribution in [3.63, 3.8) is 0 Å². The van der Waals surface area contributed by atoms with Crippen molar-refractivity contribution in [1.82, 2.24) is 5.32 Å². The normalized spacial score (nSPS) is 19.6. The molecule has 29 heavy (non-hydrogen) atoms. The van der Waals surface area contributed by atoms with Crippen LogP contribution in [-0.4, -0.2) is 24.6 Å². The first-order valence-corrected chi connectivity index (χ1v) is 10.4. The molecular weight excluding hydrogens is 403 g/mol. The van der Waals surface area contributed by atoms with Gasteiger partial charge in [-0.3, -0.25) is 4.79 Å². The third-order valence-corrected chi connectivity index (χ3v) is 6.05. The number of hydrogen-bond acceptors (Lipinski definition) is 4. The summed E-state index contributed by atoms with van der Waals surface area (Å²) in [6.45, 7) is 0. The highest BCUT2D eigenvalue weighted by atomic mass is 32.1. The minimum absolute atomic E-state index is 0.130. The number of nitrogens with one attached hydrogen (secondary N) is 1. The van der Waals surface area contributed by atoms with Crippen molar-refractivity contribution in [3.8, 4) is 16.9 Å². The summed E-state index contributed by atoms with van der Waals surface area (Å²) in [6, 6.07) is 7.46. The first-order valence-electron chi connectivity index (χ1n) is 9.53. The molecule has 2 aromatic rings. The molecule has 156 valence electrons. The quantitative estimate of drug-likeness (QED) is 0.589. The van der Waals surface area contributed by atoms with E-state index >= 15 is 0 Å². The van der Waals surface area contributed by atoms with Gasteiger partial charge in [-0.25, -0.2) is 0 Å². The zero-order valence-electron chi connectivity index (χ0n) is 15.7. The molecule has 4 nitrogen and oxygen atoms in total. The highest BCUT2D eigenvalue weighted by Crippen LogP contribution is 2.30. The van der Waals surface area contributed by atoms with Gasteiger partial charge >= 0.3 is 6.36 Å². The summed E-state index contributed by atoms with van der Waals surface area (Å²) in [7, 11) is 0. The number of benzene rings is 1. The van der Waals surface area contributed by atoms with Crippen molar-refractivity contribution in [2.24, 2.45) is 5.92 Å². The molecule has 1 aromatic carbocycles. The van der Waals surface area contributed by atoms with Crippen molar-refractivity contribution in [2.45, 2.75) is 50.9 Å². The smallest absolute Gasteiger partial charge is 0.406 e. The maximum Gasteiger partial charge on any atom is 0.573 e. The van der Waals surface area contributed by atoms with Crippen LogP contribution in [-0.2, 0) is 4.79 Å². The van der Waals surface area contributed by atoms with Crippen LogP contribution in [0.3, 0.4) is 0 Å². The summed E-state index contributed by atoms with van der Waals surface area (Å²) in [5, 5.41) is 4.88. The summed E-state index contributed by atoms with van der Waals surface area (Å²) < 4.78 is 40.6. The predicted molar refractivity (Wildman–Crippen MR) is 105 cm³/mol. The second-order valence-corrected chi connectivity index (χ2v) is 8.12. The molecular formula is C21H22F3NO3S. The van der Waals surface area contributed by atoms with Crippen LogP contribution in [0.1, 0.15) is 48.2 Å². The maximum atomic E-state index is 12.5. The highest BCUT2D eigenvalue weighted by molar-refractivity contribution is 7.12. The fourth-order valence-electron chi connectivity index (χ4n) is 3.61. The number of amides is 1. The monoisotopic (exact) mass is 425 g/mol. The molecule has 8 heteroatoms. The standard InChI is InChI=1S/C21H22F3NO3S/c22-21(23,24)28-18-9-5-15(6-10-18)16-12-19(29-13-16)20(27)25-17-7-3-14(4-8-17)2-1-11-26/h5-6,9-14,17H,1-4,7-8H2,(H,25,27). The molecule has 1 fully saturated rings. The van der Waals surface area contributed by atoms with E-state index in [-0.39, 0.29) is 17.7 Å². The number of thiophene rings is 1. The molecule has 0 unspecified atom stereocenters. The SMILES string of the molecule is O=CCCC1CCC(NC(=O)c2cc(-c3ccc(OC(F)(F)F)cc3)cs2)CC1. The second-order valence-electron chi connectivity index (χ2n) is 7.21. The molecule has 0 spiro atoms. The van der Waals surface area contributed by atoms with Crippen LogP contribution < -0.4 is 10.1 Å². The van der Waals surface area contributed by atoms with Gasteiger partial charge in [0.25, 0.3) is 5.91 Å². The molecule has 0 bridgehead atoms. The van der Waals surface area contributed by atoms with E-state index in [9.17, 15) is 22.8 Å². The van der Waals surface area contributed by atoms with Crippen LogP contribution in [0.4, 0.5) is 13.2 Å². The Morgan fingerprint density at radius 1 is 1.14 bits per heavy atom. The van der Waals surface area contributed by atoms with E-state index < -0.39 is 6.36 Å². The Bertz CT molecular complexity index is 824. The zero-order chi connectivity index (χ0) is 20.9. The zero-order valence-corrected chi connectivity index (χ0v) is 16.5. The summed E-state index contributed by atoms with van der Waals surface area (Å²) in [6.07, 6.45) is 1.61. The predicted octanol–water partition coefficient (Wildman–Crippen LogP) is 5.58. The van der Waals surface area contributed by atoms with Gasteiger partial charge in [0.15, 0.2) is 0 Å². The molecule has 1 aliphatic rings. The molecule has 3 rings (SSSR count). The lowest BCUT2D eigenvalue weighted by Crippen LogP contribution is -2.37. The largest absolute Gasteiger partial charge is 0.573 e. The highest BCUT2D eigenvalue weighted by Gasteiger charge is 2.31. The van der Waals surface area contributed by atoms with Crippen LogP contribution in [0.15, 0.2) is 35.7 Å². The number of ether oxygens (including phenoxy) is 1. The Hall–Kier alpha value is -2.35. The first kappa shape index (κ1) is 21.4. The van der Waals surface area contributed by atoms with Gasteiger partial charge in [-0.1, -0.05) is 12.1 Å². The Balaban J connectivity index is 1.54. The average Bonchev–Trinajstić information content (AvgIpc) is 3.17. The molecule has 0 radical (unpaired) electrons. The minimum Gasteiger partial charge on any atom is -0.406 e. The van der Waals surface area contributed by atoms with E-state index in [0.29, 0.717) is 22.8 Å². The van der Waals surface area contributed by atoms with E-state index in [0.717, 1.165) is 44.0 Å². The van der Waals surface area contributed by atoms with Crippen molar-refractivity contribution in [3.05, 3.63) is 40.6 Å². The first-order chi connectivity index (χ1) is 13.8. The van der Waals surface area contributed by atoms with E-state index in [1.807, 2.05) is 5.38 Å². The summed E-state index contributed by atoms with van der Waals surface area (Å²) >= 11 is 1.30. The Morgan fingerprint density at radius 3 is 2.45 bits per heavy atom. The number of rotatable bonds is 7. The minimum atomic E-state index is -4.72. The summed E-state index contributed by atoms with van der Waals surface area (Å²) in [4.78, 5) is 23.6. The van der Waals surface area contributed by atoms with Crippen molar-refractivity contribution in [2.75, 3.05) is 0 Å². The van der Waals surface area contributed by atoms with Gasteiger partial charge in [0.05, 0.1) is 4.88 Å². The molecule has 0 saturated heterocycles. The van der Waals surface area contributed by atoms with Gasteiger partial charge in [-0.2, -0.15) is 0 Å². The Kier molecular flexibility index (Phi) is 6.95. The molecule has 1 aliphatic carbocycles. The fraction of sp³-hybridized carbons (Fsp3) is 0.429. The topological polar surface area (TPSA) is 55.4 Å². The fourth-order valence-corrected chi connectivity index (χ4v) is 4.43. The number of carbonyl (C=O) groups is 2. The molecule has 1 heterocycles. The van der Waals surface area contributed by atoms with E-state index in [2.05, 4.69) is 10.1 Å². The number of hydrogen-bond donors (Lipinski definition) is 1. The van der Waals surface area contributed by atoms with Gasteiger partial charge < -0.3 is 14.8 Å². The van der Waals surface area contributed by atoms with Gasteiger partial charge in [0.1, 0.15) is 12.0 Å². The van der Waals surface area contributed by atoms with E-state index in [1.54, 1.807) is 6.07 Å². The van der Waals surface area contributed by atoms with Crippen molar-refractivity contribution < 1.29 is 27.5 Å². The van der Waals surface area contributed by atoms with E-state index in [4.69, 9.17) is 0 Å². The Morgan fingerprint density at radius 2 is 1.83 bits per heavy atom. The van der Waals surface area contributed by atoms with Crippen LogP contribution in [0.5, 0.6) is 5.75 Å². The number of halogens is 3. The van der Waals surface area contributed by atoms with Crippen molar-refractivity contribution >= 4 is 23.5 Å². The molecule has 0 atom stereocenters. The van der Waals surface area contributed by atoms with Crippen LogP contribution >= 0.6 is 11.3 Å². The average molecular weight is 425 g/mol. The third kappa shape index (κ3) is 6.32. The van der Waals surface area contributed by atoms with Crippen LogP contribution in [0, 0.1) is 5.92 Å². The molecule has 0 aliphatic heterocycles. The lowest BCUT2D eigenvalue weighted by Gasteiger charge is -2.28. The third-order valence-electron chi connectivity index (χ3n) is 5.12. The van der Waals surface area contributed by atoms with Gasteiger partial charge in [-0.15, -0.1) is 24.5 Å². The summed E-state index contributed by atoms with van der Waals surface area (Å²) in [5.41, 5.74) is 1.49. The second kappa shape index (κ2) is 9.43. The van der Waals surface area contributed by atoms with E-state index in [1.165, 1.54) is 35.6 Å². The van der Waals surface area contributed by atoms with Crippen LogP contribution in [0.2, 0.25) is 0 Å². The molecule has 1 saturated carbocycles.